The van der Waals surface area contributed by atoms with Crippen LogP contribution in [0.3, 0.4) is 0 Å². The second-order valence-electron chi connectivity index (χ2n) is 4.65. The van der Waals surface area contributed by atoms with E-state index >= 15 is 0 Å². The van der Waals surface area contributed by atoms with Crippen LogP contribution in [0, 0.1) is 17.3 Å². The molecule has 1 aliphatic rings. The highest BCUT2D eigenvalue weighted by Crippen LogP contribution is 2.40. The maximum atomic E-state index is 5.55. The van der Waals surface area contributed by atoms with Crippen molar-refractivity contribution < 1.29 is 4.74 Å². The Labute approximate surface area is 76.5 Å². The summed E-state index contributed by atoms with van der Waals surface area (Å²) in [4.78, 5) is 0. The third-order valence-electron chi connectivity index (χ3n) is 3.64. The third kappa shape index (κ3) is 1.82. The number of rotatable bonds is 3. The van der Waals surface area contributed by atoms with Crippen molar-refractivity contribution in [1.29, 1.82) is 0 Å². The minimum atomic E-state index is 0.469. The van der Waals surface area contributed by atoms with E-state index in [2.05, 4.69) is 27.7 Å². The van der Waals surface area contributed by atoms with Crippen LogP contribution in [-0.2, 0) is 4.74 Å². The summed E-state index contributed by atoms with van der Waals surface area (Å²) in [6.07, 6.45) is 2.53. The summed E-state index contributed by atoms with van der Waals surface area (Å²) < 4.78 is 5.55. The van der Waals surface area contributed by atoms with Crippen LogP contribution in [0.25, 0.3) is 0 Å². The van der Waals surface area contributed by atoms with Gasteiger partial charge < -0.3 is 4.74 Å². The summed E-state index contributed by atoms with van der Waals surface area (Å²) in [6.45, 7) is 11.3. The maximum absolute atomic E-state index is 5.55. The number of hydrogen-bond acceptors (Lipinski definition) is 1. The Morgan fingerprint density at radius 2 is 1.92 bits per heavy atom. The van der Waals surface area contributed by atoms with Gasteiger partial charge in [-0.05, 0) is 17.3 Å². The Morgan fingerprint density at radius 3 is 2.42 bits per heavy atom. The summed E-state index contributed by atoms with van der Waals surface area (Å²) in [7, 11) is 0. The third-order valence-corrected chi connectivity index (χ3v) is 3.64. The second kappa shape index (κ2) is 3.78. The van der Waals surface area contributed by atoms with Crippen molar-refractivity contribution in [1.82, 2.24) is 0 Å². The quantitative estimate of drug-likeness (QED) is 0.632. The summed E-state index contributed by atoms with van der Waals surface area (Å²) >= 11 is 0. The molecule has 0 bridgehead atoms. The summed E-state index contributed by atoms with van der Waals surface area (Å²) in [6, 6.07) is 0. The second-order valence-corrected chi connectivity index (χ2v) is 4.65. The van der Waals surface area contributed by atoms with Crippen molar-refractivity contribution in [2.75, 3.05) is 13.2 Å². The first kappa shape index (κ1) is 10.0. The molecule has 0 aliphatic carbocycles. The van der Waals surface area contributed by atoms with Crippen LogP contribution in [0.4, 0.5) is 0 Å². The van der Waals surface area contributed by atoms with E-state index in [4.69, 9.17) is 4.74 Å². The van der Waals surface area contributed by atoms with Gasteiger partial charge in [0.05, 0.1) is 6.61 Å². The van der Waals surface area contributed by atoms with Gasteiger partial charge in [-0.1, -0.05) is 40.5 Å². The molecule has 1 heterocycles. The van der Waals surface area contributed by atoms with Crippen LogP contribution in [0.15, 0.2) is 0 Å². The van der Waals surface area contributed by atoms with Crippen LogP contribution >= 0.6 is 0 Å². The fourth-order valence-corrected chi connectivity index (χ4v) is 2.13. The van der Waals surface area contributed by atoms with Gasteiger partial charge in [0.2, 0.25) is 0 Å². The van der Waals surface area contributed by atoms with E-state index in [-0.39, 0.29) is 0 Å². The maximum Gasteiger partial charge on any atom is 0.0503 e. The predicted octanol–water partition coefficient (Wildman–Crippen LogP) is 3.10. The summed E-state index contributed by atoms with van der Waals surface area (Å²) in [5.74, 6) is 1.59. The van der Waals surface area contributed by atoms with Crippen molar-refractivity contribution in [2.24, 2.45) is 17.3 Å². The molecule has 0 saturated carbocycles. The first-order chi connectivity index (χ1) is 5.61. The van der Waals surface area contributed by atoms with Gasteiger partial charge in [0.25, 0.3) is 0 Å². The molecule has 1 rings (SSSR count). The molecule has 1 fully saturated rings. The van der Waals surface area contributed by atoms with Gasteiger partial charge in [0, 0.05) is 6.61 Å². The van der Waals surface area contributed by atoms with Crippen LogP contribution in [0.2, 0.25) is 0 Å². The molecule has 0 aromatic heterocycles. The summed E-state index contributed by atoms with van der Waals surface area (Å²) in [5.41, 5.74) is 0.469. The Morgan fingerprint density at radius 1 is 1.25 bits per heavy atom. The normalized spacial score (nSPS) is 31.0. The average Bonchev–Trinajstić information content (AvgIpc) is 2.52. The minimum absolute atomic E-state index is 0.469. The first-order valence-electron chi connectivity index (χ1n) is 5.19. The first-order valence-corrected chi connectivity index (χ1v) is 5.19. The van der Waals surface area contributed by atoms with Gasteiger partial charge in [-0.3, -0.25) is 0 Å². The lowest BCUT2D eigenvalue weighted by atomic mass is 9.71. The van der Waals surface area contributed by atoms with Crippen LogP contribution in [0.1, 0.15) is 40.5 Å². The summed E-state index contributed by atoms with van der Waals surface area (Å²) in [5, 5.41) is 0. The lowest BCUT2D eigenvalue weighted by molar-refractivity contribution is 0.135. The van der Waals surface area contributed by atoms with Crippen molar-refractivity contribution in [3.05, 3.63) is 0 Å². The molecule has 2 unspecified atom stereocenters. The zero-order valence-electron chi connectivity index (χ0n) is 8.89. The van der Waals surface area contributed by atoms with Crippen molar-refractivity contribution in [3.63, 3.8) is 0 Å². The van der Waals surface area contributed by atoms with E-state index in [1.807, 2.05) is 0 Å². The number of ether oxygens (including phenoxy) is 1. The molecule has 1 nitrogen and oxygen atoms in total. The smallest absolute Gasteiger partial charge is 0.0503 e. The van der Waals surface area contributed by atoms with Crippen molar-refractivity contribution in [2.45, 2.75) is 40.5 Å². The molecular formula is C11H22O. The highest BCUT2D eigenvalue weighted by molar-refractivity contribution is 4.85. The van der Waals surface area contributed by atoms with E-state index in [0.29, 0.717) is 5.41 Å². The van der Waals surface area contributed by atoms with E-state index in [0.717, 1.165) is 25.0 Å². The lowest BCUT2D eigenvalue weighted by Crippen LogP contribution is -2.29. The SMILES string of the molecule is CCC1COCC1C(C)(C)CC. The molecule has 0 N–H and O–H groups in total. The van der Waals surface area contributed by atoms with Crippen molar-refractivity contribution in [3.8, 4) is 0 Å². The highest BCUT2D eigenvalue weighted by atomic mass is 16.5. The standard InChI is InChI=1S/C11H22O/c1-5-9-7-12-8-10(9)11(3,4)6-2/h9-10H,5-8H2,1-4H3. The van der Waals surface area contributed by atoms with Crippen LogP contribution in [-0.4, -0.2) is 13.2 Å². The molecule has 0 aromatic rings. The van der Waals surface area contributed by atoms with E-state index in [9.17, 15) is 0 Å². The van der Waals surface area contributed by atoms with Crippen LogP contribution < -0.4 is 0 Å². The molecule has 72 valence electrons. The van der Waals surface area contributed by atoms with Crippen LogP contribution in [0.5, 0.6) is 0 Å². The molecule has 2 atom stereocenters. The molecule has 0 radical (unpaired) electrons. The van der Waals surface area contributed by atoms with E-state index in [1.165, 1.54) is 12.8 Å². The zero-order chi connectivity index (χ0) is 9.19. The highest BCUT2D eigenvalue weighted by Gasteiger charge is 2.37. The molecule has 1 aliphatic heterocycles. The molecular weight excluding hydrogens is 148 g/mol. The fraction of sp³-hybridized carbons (Fsp3) is 1.00. The van der Waals surface area contributed by atoms with E-state index < -0.39 is 0 Å². The van der Waals surface area contributed by atoms with Gasteiger partial charge >= 0.3 is 0 Å². The molecule has 0 spiro atoms. The minimum Gasteiger partial charge on any atom is -0.381 e. The number of hydrogen-bond donors (Lipinski definition) is 0. The Balaban J connectivity index is 2.60. The largest absolute Gasteiger partial charge is 0.381 e. The van der Waals surface area contributed by atoms with Gasteiger partial charge in [-0.2, -0.15) is 0 Å². The molecule has 0 amide bonds. The van der Waals surface area contributed by atoms with Crippen molar-refractivity contribution >= 4 is 0 Å². The Hall–Kier alpha value is -0.0400. The topological polar surface area (TPSA) is 9.23 Å². The monoisotopic (exact) mass is 170 g/mol. The zero-order valence-corrected chi connectivity index (χ0v) is 8.89. The predicted molar refractivity (Wildman–Crippen MR) is 52.2 cm³/mol. The van der Waals surface area contributed by atoms with Gasteiger partial charge in [0.1, 0.15) is 0 Å². The Bertz CT molecular complexity index is 140. The fourth-order valence-electron chi connectivity index (χ4n) is 2.13. The van der Waals surface area contributed by atoms with E-state index in [1.54, 1.807) is 0 Å². The lowest BCUT2D eigenvalue weighted by Gasteiger charge is -2.33. The molecule has 12 heavy (non-hydrogen) atoms. The van der Waals surface area contributed by atoms with Gasteiger partial charge in [-0.15, -0.1) is 0 Å². The molecule has 1 heteroatoms. The average molecular weight is 170 g/mol. The van der Waals surface area contributed by atoms with Gasteiger partial charge in [0.15, 0.2) is 0 Å². The molecule has 0 aromatic carbocycles. The Kier molecular flexibility index (Phi) is 3.16. The van der Waals surface area contributed by atoms with Gasteiger partial charge in [-0.25, -0.2) is 0 Å². The molecule has 1 saturated heterocycles.